The molecule has 45 heavy (non-hydrogen) atoms. The van der Waals surface area contributed by atoms with E-state index in [2.05, 4.69) is 61.7 Å². The number of nitrogens with zero attached hydrogens (tertiary/aromatic N) is 5. The second-order valence-electron chi connectivity index (χ2n) is 10.6. The molecule has 0 aliphatic rings. The van der Waals surface area contributed by atoms with Gasteiger partial charge in [-0.15, -0.1) is 29.6 Å². The second kappa shape index (κ2) is 13.5. The standard InChI is InChI=1S/C33H33F3N6O2S/c1-5-7-24-9-8-21(3)18-29(24)42-22(4)19-45-32(42)39-31(43)38-28(6-2)23-10-12-25(13-11-23)30-37-20-41(40-30)26-14-16-27(17-15-26)44-33(34,35)36/h8-20,28H,5-7H2,1-4H3,(H,38,43). The van der Waals surface area contributed by atoms with Crippen molar-refractivity contribution in [3.63, 3.8) is 0 Å². The Morgan fingerprint density at radius 2 is 1.78 bits per heavy atom. The lowest BCUT2D eigenvalue weighted by Crippen LogP contribution is -2.28. The number of hydrogen-bond donors (Lipinski definition) is 1. The molecule has 5 rings (SSSR count). The number of carbonyl (C=O) groups is 1. The molecular weight excluding hydrogens is 601 g/mol. The Bertz CT molecular complexity index is 1840. The topological polar surface area (TPSA) is 86.3 Å². The van der Waals surface area contributed by atoms with Crippen molar-refractivity contribution in [1.82, 2.24) is 24.6 Å². The fourth-order valence-corrected chi connectivity index (χ4v) is 5.87. The maximum absolute atomic E-state index is 13.2. The lowest BCUT2D eigenvalue weighted by Gasteiger charge is -2.16. The van der Waals surface area contributed by atoms with E-state index in [4.69, 9.17) is 0 Å². The number of ether oxygens (including phenoxy) is 1. The lowest BCUT2D eigenvalue weighted by molar-refractivity contribution is -0.274. The molecule has 12 heteroatoms. The third-order valence-electron chi connectivity index (χ3n) is 7.18. The Morgan fingerprint density at radius 1 is 1.04 bits per heavy atom. The van der Waals surface area contributed by atoms with Crippen LogP contribution in [0, 0.1) is 13.8 Å². The minimum Gasteiger partial charge on any atom is -0.406 e. The van der Waals surface area contributed by atoms with E-state index < -0.39 is 12.4 Å². The fraction of sp³-hybridized carbons (Fsp3) is 0.273. The Morgan fingerprint density at radius 3 is 2.44 bits per heavy atom. The molecule has 5 aromatic rings. The van der Waals surface area contributed by atoms with Crippen LogP contribution in [-0.4, -0.2) is 31.7 Å². The predicted molar refractivity (Wildman–Crippen MR) is 168 cm³/mol. The maximum Gasteiger partial charge on any atom is 0.573 e. The molecule has 1 N–H and O–H groups in total. The molecule has 3 aromatic carbocycles. The van der Waals surface area contributed by atoms with Gasteiger partial charge in [0.2, 0.25) is 0 Å². The number of aryl methyl sites for hydroxylation is 3. The summed E-state index contributed by atoms with van der Waals surface area (Å²) < 4.78 is 44.8. The van der Waals surface area contributed by atoms with Crippen molar-refractivity contribution in [2.24, 2.45) is 4.99 Å². The average Bonchev–Trinajstić information content (AvgIpc) is 3.64. The molecule has 1 unspecified atom stereocenters. The molecule has 2 amide bonds. The summed E-state index contributed by atoms with van der Waals surface area (Å²) in [6, 6.07) is 18.6. The summed E-state index contributed by atoms with van der Waals surface area (Å²) in [4.78, 5) is 22.6. The largest absolute Gasteiger partial charge is 0.573 e. The average molecular weight is 635 g/mol. The Kier molecular flexibility index (Phi) is 9.52. The van der Waals surface area contributed by atoms with E-state index in [-0.39, 0.29) is 11.8 Å². The molecule has 0 fully saturated rings. The van der Waals surface area contributed by atoms with Crippen molar-refractivity contribution in [2.75, 3.05) is 0 Å². The summed E-state index contributed by atoms with van der Waals surface area (Å²) in [7, 11) is 0. The van der Waals surface area contributed by atoms with Crippen LogP contribution in [0.3, 0.4) is 0 Å². The van der Waals surface area contributed by atoms with Crippen molar-refractivity contribution >= 4 is 17.4 Å². The summed E-state index contributed by atoms with van der Waals surface area (Å²) in [5, 5.41) is 9.51. The van der Waals surface area contributed by atoms with Crippen molar-refractivity contribution in [3.05, 3.63) is 106 Å². The number of thiazole rings is 1. The van der Waals surface area contributed by atoms with Crippen molar-refractivity contribution in [2.45, 2.75) is 59.4 Å². The highest BCUT2D eigenvalue weighted by atomic mass is 32.1. The quantitative estimate of drug-likeness (QED) is 0.178. The summed E-state index contributed by atoms with van der Waals surface area (Å²) in [6.45, 7) is 8.22. The van der Waals surface area contributed by atoms with Crippen LogP contribution in [0.1, 0.15) is 55.1 Å². The first-order valence-electron chi connectivity index (χ1n) is 14.5. The Labute approximate surface area is 262 Å². The molecule has 8 nitrogen and oxygen atoms in total. The fourth-order valence-electron chi connectivity index (χ4n) is 5.00. The van der Waals surface area contributed by atoms with Gasteiger partial charge in [0.15, 0.2) is 10.6 Å². The highest BCUT2D eigenvalue weighted by Crippen LogP contribution is 2.25. The van der Waals surface area contributed by atoms with Crippen molar-refractivity contribution < 1.29 is 22.7 Å². The third kappa shape index (κ3) is 7.69. The van der Waals surface area contributed by atoms with E-state index >= 15 is 0 Å². The van der Waals surface area contributed by atoms with Gasteiger partial charge in [0.05, 0.1) is 17.4 Å². The van der Waals surface area contributed by atoms with Gasteiger partial charge in [0.1, 0.15) is 12.1 Å². The van der Waals surface area contributed by atoms with E-state index in [1.165, 1.54) is 52.2 Å². The number of hydrogen-bond acceptors (Lipinski definition) is 5. The monoisotopic (exact) mass is 634 g/mol. The molecule has 0 spiro atoms. The van der Waals surface area contributed by atoms with Gasteiger partial charge in [-0.05, 0) is 73.7 Å². The second-order valence-corrected chi connectivity index (χ2v) is 11.4. The van der Waals surface area contributed by atoms with E-state index in [1.807, 2.05) is 43.5 Å². The smallest absolute Gasteiger partial charge is 0.406 e. The first-order valence-corrected chi connectivity index (χ1v) is 15.4. The first kappa shape index (κ1) is 31.7. The zero-order chi connectivity index (χ0) is 32.1. The van der Waals surface area contributed by atoms with E-state index in [0.717, 1.165) is 40.9 Å². The number of halogens is 3. The molecule has 1 atom stereocenters. The SMILES string of the molecule is CCCc1ccc(C)cc1-n1c(C)csc1=NC(=O)NC(CC)c1ccc(-c2ncn(-c3ccc(OC(F)(F)F)cc3)n2)cc1. The molecule has 0 saturated carbocycles. The van der Waals surface area contributed by atoms with Crippen LogP contribution in [0.15, 0.2) is 83.4 Å². The third-order valence-corrected chi connectivity index (χ3v) is 8.12. The Hall–Kier alpha value is -4.71. The summed E-state index contributed by atoms with van der Waals surface area (Å²) >= 11 is 1.43. The number of aromatic nitrogens is 4. The summed E-state index contributed by atoms with van der Waals surface area (Å²) in [6.07, 6.45) is -0.668. The summed E-state index contributed by atoms with van der Waals surface area (Å²) in [5.41, 5.74) is 6.60. The number of urea groups is 1. The predicted octanol–water partition coefficient (Wildman–Crippen LogP) is 8.02. The first-order chi connectivity index (χ1) is 21.5. The van der Waals surface area contributed by atoms with Gasteiger partial charge in [-0.2, -0.15) is 4.99 Å². The van der Waals surface area contributed by atoms with Crippen LogP contribution in [0.4, 0.5) is 18.0 Å². The molecule has 0 bridgehead atoms. The van der Waals surface area contributed by atoms with E-state index in [1.54, 1.807) is 0 Å². The van der Waals surface area contributed by atoms with E-state index in [0.29, 0.717) is 22.7 Å². The van der Waals surface area contributed by atoms with Crippen LogP contribution in [0.25, 0.3) is 22.8 Å². The van der Waals surface area contributed by atoms with Crippen LogP contribution < -0.4 is 14.9 Å². The molecule has 0 aliphatic heterocycles. The number of amides is 2. The maximum atomic E-state index is 13.2. The van der Waals surface area contributed by atoms with Gasteiger partial charge in [-0.1, -0.05) is 56.7 Å². The van der Waals surface area contributed by atoms with Crippen LogP contribution in [-0.2, 0) is 6.42 Å². The lowest BCUT2D eigenvalue weighted by atomic mass is 10.0. The van der Waals surface area contributed by atoms with Gasteiger partial charge in [-0.25, -0.2) is 14.5 Å². The number of alkyl halides is 3. The van der Waals surface area contributed by atoms with Crippen LogP contribution in [0.5, 0.6) is 5.75 Å². The zero-order valence-corrected chi connectivity index (χ0v) is 26.1. The van der Waals surface area contributed by atoms with Gasteiger partial charge >= 0.3 is 12.4 Å². The minimum atomic E-state index is -4.76. The van der Waals surface area contributed by atoms with E-state index in [9.17, 15) is 18.0 Å². The van der Waals surface area contributed by atoms with Crippen molar-refractivity contribution in [1.29, 1.82) is 0 Å². The van der Waals surface area contributed by atoms with Gasteiger partial charge in [0, 0.05) is 16.6 Å². The molecule has 0 saturated heterocycles. The molecule has 234 valence electrons. The van der Waals surface area contributed by atoms with Gasteiger partial charge in [-0.3, -0.25) is 4.57 Å². The molecule has 2 aromatic heterocycles. The molecule has 0 radical (unpaired) electrons. The van der Waals surface area contributed by atoms with Gasteiger partial charge < -0.3 is 10.1 Å². The number of nitrogens with one attached hydrogen (secondary N) is 1. The zero-order valence-electron chi connectivity index (χ0n) is 25.3. The molecular formula is C33H33F3N6O2S. The highest BCUT2D eigenvalue weighted by molar-refractivity contribution is 7.07. The Balaban J connectivity index is 1.31. The highest BCUT2D eigenvalue weighted by Gasteiger charge is 2.31. The normalized spacial score (nSPS) is 12.7. The van der Waals surface area contributed by atoms with Crippen molar-refractivity contribution in [3.8, 4) is 28.5 Å². The van der Waals surface area contributed by atoms with Crippen LogP contribution in [0.2, 0.25) is 0 Å². The molecule has 2 heterocycles. The summed E-state index contributed by atoms with van der Waals surface area (Å²) in [5.74, 6) is 0.130. The minimum absolute atomic E-state index is 0.262. The molecule has 0 aliphatic carbocycles. The number of carbonyl (C=O) groups excluding carboxylic acids is 1. The number of benzene rings is 3. The van der Waals surface area contributed by atoms with Gasteiger partial charge in [0.25, 0.3) is 0 Å². The van der Waals surface area contributed by atoms with Crippen LogP contribution >= 0.6 is 11.3 Å². The number of rotatable bonds is 9.